The Kier molecular flexibility index (Phi) is 4.24. The molecular weight excluding hydrogens is 269 g/mol. The lowest BCUT2D eigenvalue weighted by atomic mass is 9.99. The summed E-state index contributed by atoms with van der Waals surface area (Å²) in [5, 5.41) is 3.81. The van der Waals surface area contributed by atoms with Gasteiger partial charge in [-0.15, -0.1) is 0 Å². The van der Waals surface area contributed by atoms with E-state index in [-0.39, 0.29) is 6.04 Å². The van der Waals surface area contributed by atoms with Crippen LogP contribution in [0.1, 0.15) is 17.2 Å². The minimum atomic E-state index is -0.343. The average molecular weight is 280 g/mol. The molecule has 2 aromatic carbocycles. The number of halogens is 2. The Bertz CT molecular complexity index is 522. The van der Waals surface area contributed by atoms with Crippen LogP contribution >= 0.6 is 23.2 Å². The summed E-state index contributed by atoms with van der Waals surface area (Å²) in [5.41, 5.74) is 1.64. The van der Waals surface area contributed by atoms with Crippen molar-refractivity contribution < 1.29 is 4.79 Å². The molecule has 0 aliphatic heterocycles. The Labute approximate surface area is 116 Å². The summed E-state index contributed by atoms with van der Waals surface area (Å²) in [4.78, 5) is 10.8. The molecule has 0 spiro atoms. The van der Waals surface area contributed by atoms with Crippen LogP contribution in [0.4, 0.5) is 0 Å². The van der Waals surface area contributed by atoms with Crippen LogP contribution in [0.15, 0.2) is 48.5 Å². The van der Waals surface area contributed by atoms with E-state index in [0.717, 1.165) is 5.56 Å². The number of hydrogen-bond acceptors (Lipinski definition) is 1. The van der Waals surface area contributed by atoms with Gasteiger partial charge in [-0.2, -0.15) is 0 Å². The van der Waals surface area contributed by atoms with Crippen LogP contribution in [0.3, 0.4) is 0 Å². The van der Waals surface area contributed by atoms with Gasteiger partial charge in [0.05, 0.1) is 6.04 Å². The van der Waals surface area contributed by atoms with Gasteiger partial charge in [0, 0.05) is 15.6 Å². The van der Waals surface area contributed by atoms with E-state index in [1.54, 1.807) is 18.2 Å². The quantitative estimate of drug-likeness (QED) is 0.847. The normalized spacial score (nSPS) is 11.9. The van der Waals surface area contributed by atoms with E-state index in [2.05, 4.69) is 5.32 Å². The first-order valence-corrected chi connectivity index (χ1v) is 6.18. The molecule has 92 valence electrons. The van der Waals surface area contributed by atoms with Gasteiger partial charge in [0.1, 0.15) is 0 Å². The maximum absolute atomic E-state index is 10.8. The van der Waals surface area contributed by atoms with Gasteiger partial charge in [-0.05, 0) is 17.7 Å². The van der Waals surface area contributed by atoms with Crippen molar-refractivity contribution in [3.05, 3.63) is 69.7 Å². The molecule has 2 rings (SSSR count). The molecule has 0 heterocycles. The number of carbonyl (C=O) groups excluding carboxylic acids is 1. The smallest absolute Gasteiger partial charge is 0.207 e. The minimum absolute atomic E-state index is 0.343. The lowest BCUT2D eigenvalue weighted by molar-refractivity contribution is -0.110. The maximum Gasteiger partial charge on any atom is 0.207 e. The zero-order valence-corrected chi connectivity index (χ0v) is 10.9. The first-order chi connectivity index (χ1) is 8.74. The number of rotatable bonds is 4. The molecule has 0 aliphatic rings. The summed E-state index contributed by atoms with van der Waals surface area (Å²) in [6, 6.07) is 14.5. The topological polar surface area (TPSA) is 29.1 Å². The van der Waals surface area contributed by atoms with Gasteiger partial charge in [0.2, 0.25) is 6.41 Å². The van der Waals surface area contributed by atoms with Crippen LogP contribution in [0.25, 0.3) is 0 Å². The predicted molar refractivity (Wildman–Crippen MR) is 73.9 cm³/mol. The molecule has 4 heteroatoms. The molecular formula is C14H11Cl2NO. The van der Waals surface area contributed by atoms with Crippen molar-refractivity contribution in [2.75, 3.05) is 0 Å². The molecule has 2 nitrogen and oxygen atoms in total. The number of benzene rings is 2. The van der Waals surface area contributed by atoms with E-state index in [0.29, 0.717) is 22.0 Å². The third kappa shape index (κ3) is 2.66. The molecule has 0 fully saturated rings. The van der Waals surface area contributed by atoms with Crippen LogP contribution in [0.2, 0.25) is 10.0 Å². The van der Waals surface area contributed by atoms with Crippen LogP contribution in [-0.4, -0.2) is 6.41 Å². The average Bonchev–Trinajstić information content (AvgIpc) is 2.38. The van der Waals surface area contributed by atoms with Crippen LogP contribution < -0.4 is 5.32 Å². The third-order valence-electron chi connectivity index (χ3n) is 2.66. The van der Waals surface area contributed by atoms with E-state index in [9.17, 15) is 4.79 Å². The highest BCUT2D eigenvalue weighted by Gasteiger charge is 2.18. The predicted octanol–water partition coefficient (Wildman–Crippen LogP) is 3.83. The van der Waals surface area contributed by atoms with Gasteiger partial charge in [0.15, 0.2) is 0 Å². The highest BCUT2D eigenvalue weighted by molar-refractivity contribution is 6.36. The van der Waals surface area contributed by atoms with Gasteiger partial charge in [-0.1, -0.05) is 59.6 Å². The fourth-order valence-electron chi connectivity index (χ4n) is 1.85. The molecule has 0 saturated heterocycles. The van der Waals surface area contributed by atoms with Gasteiger partial charge >= 0.3 is 0 Å². The number of carbonyl (C=O) groups is 1. The molecule has 0 bridgehead atoms. The SMILES string of the molecule is O=CN[C@H](c1ccccc1)c1c(Cl)cccc1Cl. The summed E-state index contributed by atoms with van der Waals surface area (Å²) in [5.74, 6) is 0. The van der Waals surface area contributed by atoms with Crippen molar-refractivity contribution in [3.63, 3.8) is 0 Å². The fraction of sp³-hybridized carbons (Fsp3) is 0.0714. The Hall–Kier alpha value is -1.51. The number of amides is 1. The second kappa shape index (κ2) is 5.89. The van der Waals surface area contributed by atoms with Crippen molar-refractivity contribution in [2.24, 2.45) is 0 Å². The van der Waals surface area contributed by atoms with Crippen molar-refractivity contribution in [1.29, 1.82) is 0 Å². The maximum atomic E-state index is 10.8. The van der Waals surface area contributed by atoms with Crippen LogP contribution in [0, 0.1) is 0 Å². The van der Waals surface area contributed by atoms with E-state index in [1.165, 1.54) is 0 Å². The van der Waals surface area contributed by atoms with Crippen molar-refractivity contribution in [1.82, 2.24) is 5.32 Å². The molecule has 0 saturated carbocycles. The van der Waals surface area contributed by atoms with Crippen LogP contribution in [-0.2, 0) is 4.79 Å². The van der Waals surface area contributed by atoms with E-state index in [4.69, 9.17) is 23.2 Å². The monoisotopic (exact) mass is 279 g/mol. The number of nitrogens with one attached hydrogen (secondary N) is 1. The fourth-order valence-corrected chi connectivity index (χ4v) is 2.46. The van der Waals surface area contributed by atoms with E-state index in [1.807, 2.05) is 30.3 Å². The Balaban J connectivity index is 2.52. The molecule has 0 unspecified atom stereocenters. The highest BCUT2D eigenvalue weighted by atomic mass is 35.5. The zero-order chi connectivity index (χ0) is 13.0. The standard InChI is InChI=1S/C14H11Cl2NO/c15-11-7-4-8-12(16)13(11)14(17-9-18)10-5-2-1-3-6-10/h1-9,14H,(H,17,18)/t14-/m1/s1. The van der Waals surface area contributed by atoms with Gasteiger partial charge < -0.3 is 5.32 Å². The van der Waals surface area contributed by atoms with E-state index >= 15 is 0 Å². The molecule has 18 heavy (non-hydrogen) atoms. The second-order valence-electron chi connectivity index (χ2n) is 3.76. The molecule has 2 aromatic rings. The largest absolute Gasteiger partial charge is 0.348 e. The van der Waals surface area contributed by atoms with Gasteiger partial charge in [0.25, 0.3) is 0 Å². The van der Waals surface area contributed by atoms with Crippen molar-refractivity contribution in [3.8, 4) is 0 Å². The van der Waals surface area contributed by atoms with E-state index < -0.39 is 0 Å². The Morgan fingerprint density at radius 3 is 2.11 bits per heavy atom. The number of hydrogen-bond donors (Lipinski definition) is 1. The first kappa shape index (κ1) is 12.9. The summed E-state index contributed by atoms with van der Waals surface area (Å²) in [6.45, 7) is 0. The lowest BCUT2D eigenvalue weighted by Crippen LogP contribution is -2.21. The van der Waals surface area contributed by atoms with Gasteiger partial charge in [-0.3, -0.25) is 4.79 Å². The molecule has 1 atom stereocenters. The summed E-state index contributed by atoms with van der Waals surface area (Å²) in [7, 11) is 0. The van der Waals surface area contributed by atoms with Gasteiger partial charge in [-0.25, -0.2) is 0 Å². The lowest BCUT2D eigenvalue weighted by Gasteiger charge is -2.19. The first-order valence-electron chi connectivity index (χ1n) is 5.42. The Morgan fingerprint density at radius 1 is 0.944 bits per heavy atom. The minimum Gasteiger partial charge on any atom is -0.348 e. The highest BCUT2D eigenvalue weighted by Crippen LogP contribution is 2.33. The summed E-state index contributed by atoms with van der Waals surface area (Å²) < 4.78 is 0. The Morgan fingerprint density at radius 2 is 1.56 bits per heavy atom. The summed E-state index contributed by atoms with van der Waals surface area (Å²) >= 11 is 12.3. The molecule has 1 N–H and O–H groups in total. The zero-order valence-electron chi connectivity index (χ0n) is 9.44. The second-order valence-corrected chi connectivity index (χ2v) is 4.58. The molecule has 0 aromatic heterocycles. The summed E-state index contributed by atoms with van der Waals surface area (Å²) in [6.07, 6.45) is 0.650. The van der Waals surface area contributed by atoms with Crippen molar-refractivity contribution >= 4 is 29.6 Å². The molecule has 0 aliphatic carbocycles. The van der Waals surface area contributed by atoms with Crippen LogP contribution in [0.5, 0.6) is 0 Å². The molecule has 1 amide bonds. The van der Waals surface area contributed by atoms with Crippen molar-refractivity contribution in [2.45, 2.75) is 6.04 Å². The molecule has 0 radical (unpaired) electrons. The third-order valence-corrected chi connectivity index (χ3v) is 3.32.